The van der Waals surface area contributed by atoms with Gasteiger partial charge in [0.2, 0.25) is 5.91 Å². The number of hydrogen-bond donors (Lipinski definition) is 1. The third-order valence-corrected chi connectivity index (χ3v) is 7.35. The minimum absolute atomic E-state index is 0.0800. The van der Waals surface area contributed by atoms with E-state index in [2.05, 4.69) is 10.2 Å². The number of methoxy groups -OCH3 is 2. The van der Waals surface area contributed by atoms with Crippen molar-refractivity contribution < 1.29 is 19.1 Å². The summed E-state index contributed by atoms with van der Waals surface area (Å²) >= 11 is 0. The van der Waals surface area contributed by atoms with Gasteiger partial charge in [0.05, 0.1) is 14.2 Å². The Morgan fingerprint density at radius 2 is 1.57 bits per heavy atom. The second kappa shape index (κ2) is 12.1. The fraction of sp³-hybridized carbons (Fsp3) is 0.500. The fourth-order valence-electron chi connectivity index (χ4n) is 5.23. The van der Waals surface area contributed by atoms with E-state index in [-0.39, 0.29) is 17.7 Å². The van der Waals surface area contributed by atoms with Crippen LogP contribution in [0.25, 0.3) is 0 Å². The standard InChI is InChI=1S/C28H37N3O4/c1-34-25-9-8-21(20-26(25)35-2)10-15-29-27(32)22-11-16-30(17-12-22)24-13-18-31(19-14-24)28(33)23-6-4-3-5-7-23/h3-9,20,22,24H,10-19H2,1-2H3,(H,29,32). The minimum Gasteiger partial charge on any atom is -0.493 e. The van der Waals surface area contributed by atoms with Crippen LogP contribution in [0.3, 0.4) is 0 Å². The molecule has 0 bridgehead atoms. The summed E-state index contributed by atoms with van der Waals surface area (Å²) in [6.45, 7) is 4.11. The minimum atomic E-state index is 0.0800. The monoisotopic (exact) mass is 479 g/mol. The predicted molar refractivity (Wildman–Crippen MR) is 136 cm³/mol. The molecule has 2 aliphatic rings. The summed E-state index contributed by atoms with van der Waals surface area (Å²) in [5.41, 5.74) is 1.87. The van der Waals surface area contributed by atoms with Crippen molar-refractivity contribution in [2.75, 3.05) is 46.9 Å². The van der Waals surface area contributed by atoms with Crippen molar-refractivity contribution >= 4 is 11.8 Å². The fourth-order valence-corrected chi connectivity index (χ4v) is 5.23. The lowest BCUT2D eigenvalue weighted by Gasteiger charge is -2.41. The molecule has 4 rings (SSSR count). The second-order valence-electron chi connectivity index (χ2n) is 9.43. The quantitative estimate of drug-likeness (QED) is 0.629. The van der Waals surface area contributed by atoms with Gasteiger partial charge in [0.1, 0.15) is 0 Å². The van der Waals surface area contributed by atoms with Crippen LogP contribution in [0.15, 0.2) is 48.5 Å². The lowest BCUT2D eigenvalue weighted by Crippen LogP contribution is -2.50. The number of hydrogen-bond acceptors (Lipinski definition) is 5. The van der Waals surface area contributed by atoms with Crippen molar-refractivity contribution in [2.45, 2.75) is 38.1 Å². The maximum atomic E-state index is 12.7. The number of carbonyl (C=O) groups excluding carboxylic acids is 2. The maximum Gasteiger partial charge on any atom is 0.253 e. The third-order valence-electron chi connectivity index (χ3n) is 7.35. The molecule has 2 fully saturated rings. The number of amides is 2. The number of ether oxygens (including phenoxy) is 2. The highest BCUT2D eigenvalue weighted by Gasteiger charge is 2.31. The molecule has 2 saturated heterocycles. The zero-order valence-corrected chi connectivity index (χ0v) is 20.9. The molecule has 1 N–H and O–H groups in total. The van der Waals surface area contributed by atoms with Crippen LogP contribution < -0.4 is 14.8 Å². The van der Waals surface area contributed by atoms with E-state index < -0.39 is 0 Å². The molecule has 188 valence electrons. The van der Waals surface area contributed by atoms with Crippen LogP contribution in [0.4, 0.5) is 0 Å². The van der Waals surface area contributed by atoms with Crippen LogP contribution in [-0.4, -0.2) is 74.6 Å². The van der Waals surface area contributed by atoms with Gasteiger partial charge in [-0.05, 0) is 75.0 Å². The number of rotatable bonds is 8. The summed E-state index contributed by atoms with van der Waals surface area (Å²) in [5.74, 6) is 1.79. The molecule has 7 nitrogen and oxygen atoms in total. The van der Waals surface area contributed by atoms with Crippen LogP contribution in [0.2, 0.25) is 0 Å². The molecule has 0 spiro atoms. The van der Waals surface area contributed by atoms with Crippen LogP contribution in [0, 0.1) is 5.92 Å². The van der Waals surface area contributed by atoms with Crippen molar-refractivity contribution in [3.63, 3.8) is 0 Å². The first-order valence-corrected chi connectivity index (χ1v) is 12.7. The highest BCUT2D eigenvalue weighted by molar-refractivity contribution is 5.94. The zero-order valence-electron chi connectivity index (χ0n) is 20.9. The van der Waals surface area contributed by atoms with Gasteiger partial charge in [-0.1, -0.05) is 24.3 Å². The molecule has 0 aliphatic carbocycles. The van der Waals surface area contributed by atoms with Crippen molar-refractivity contribution in [3.05, 3.63) is 59.7 Å². The van der Waals surface area contributed by atoms with E-state index in [1.54, 1.807) is 14.2 Å². The van der Waals surface area contributed by atoms with Crippen molar-refractivity contribution in [2.24, 2.45) is 5.92 Å². The number of carbonyl (C=O) groups is 2. The van der Waals surface area contributed by atoms with Gasteiger partial charge < -0.3 is 24.6 Å². The SMILES string of the molecule is COc1ccc(CCNC(=O)C2CCN(C3CCN(C(=O)c4ccccc4)CC3)CC2)cc1OC. The Labute approximate surface area is 208 Å². The first-order valence-electron chi connectivity index (χ1n) is 12.7. The Morgan fingerprint density at radius 1 is 0.886 bits per heavy atom. The maximum absolute atomic E-state index is 12.7. The van der Waals surface area contributed by atoms with E-state index in [0.29, 0.717) is 24.1 Å². The average molecular weight is 480 g/mol. The van der Waals surface area contributed by atoms with Crippen LogP contribution in [0.5, 0.6) is 11.5 Å². The largest absolute Gasteiger partial charge is 0.493 e. The Hall–Kier alpha value is -3.06. The molecule has 2 heterocycles. The molecule has 2 aliphatic heterocycles. The molecule has 35 heavy (non-hydrogen) atoms. The van der Waals surface area contributed by atoms with Crippen LogP contribution in [-0.2, 0) is 11.2 Å². The van der Waals surface area contributed by atoms with Gasteiger partial charge in [-0.25, -0.2) is 0 Å². The van der Waals surface area contributed by atoms with E-state index in [4.69, 9.17) is 9.47 Å². The average Bonchev–Trinajstić information content (AvgIpc) is 2.93. The van der Waals surface area contributed by atoms with Gasteiger partial charge >= 0.3 is 0 Å². The van der Waals surface area contributed by atoms with Crippen molar-refractivity contribution in [1.82, 2.24) is 15.1 Å². The summed E-state index contributed by atoms with van der Waals surface area (Å²) in [5, 5.41) is 3.12. The number of nitrogens with zero attached hydrogens (tertiary/aromatic N) is 2. The van der Waals surface area contributed by atoms with E-state index in [1.807, 2.05) is 53.4 Å². The number of likely N-dealkylation sites (tertiary alicyclic amines) is 2. The van der Waals surface area contributed by atoms with Crippen molar-refractivity contribution in [1.29, 1.82) is 0 Å². The Bertz CT molecular complexity index is 981. The molecular formula is C28H37N3O4. The Kier molecular flexibility index (Phi) is 8.64. The van der Waals surface area contributed by atoms with Gasteiger partial charge in [-0.15, -0.1) is 0 Å². The Balaban J connectivity index is 1.16. The first kappa shape index (κ1) is 25.0. The molecule has 0 aromatic heterocycles. The van der Waals surface area contributed by atoms with Gasteiger partial charge in [-0.3, -0.25) is 9.59 Å². The van der Waals surface area contributed by atoms with Crippen molar-refractivity contribution in [3.8, 4) is 11.5 Å². The molecule has 0 radical (unpaired) electrons. The highest BCUT2D eigenvalue weighted by Crippen LogP contribution is 2.28. The summed E-state index contributed by atoms with van der Waals surface area (Å²) < 4.78 is 10.6. The molecule has 0 unspecified atom stereocenters. The van der Waals surface area contributed by atoms with E-state index in [0.717, 1.165) is 69.4 Å². The summed E-state index contributed by atoms with van der Waals surface area (Å²) in [7, 11) is 3.25. The summed E-state index contributed by atoms with van der Waals surface area (Å²) in [6, 6.07) is 15.9. The molecule has 2 aromatic carbocycles. The van der Waals surface area contributed by atoms with Gasteiger partial charge in [0, 0.05) is 37.2 Å². The van der Waals surface area contributed by atoms with Gasteiger partial charge in [0.15, 0.2) is 11.5 Å². The Morgan fingerprint density at radius 3 is 2.23 bits per heavy atom. The molecule has 0 atom stereocenters. The number of benzene rings is 2. The lowest BCUT2D eigenvalue weighted by atomic mass is 9.92. The van der Waals surface area contributed by atoms with E-state index >= 15 is 0 Å². The topological polar surface area (TPSA) is 71.1 Å². The normalized spacial score (nSPS) is 17.7. The highest BCUT2D eigenvalue weighted by atomic mass is 16.5. The third kappa shape index (κ3) is 6.34. The van der Waals surface area contributed by atoms with Gasteiger partial charge in [0.25, 0.3) is 5.91 Å². The van der Waals surface area contributed by atoms with E-state index in [1.165, 1.54) is 0 Å². The zero-order chi connectivity index (χ0) is 24.6. The number of nitrogens with one attached hydrogen (secondary N) is 1. The molecule has 0 saturated carbocycles. The summed E-state index contributed by atoms with van der Waals surface area (Å²) in [6.07, 6.45) is 4.55. The van der Waals surface area contributed by atoms with Crippen LogP contribution in [0.1, 0.15) is 41.6 Å². The second-order valence-corrected chi connectivity index (χ2v) is 9.43. The molecule has 2 amide bonds. The molecule has 2 aromatic rings. The molecular weight excluding hydrogens is 442 g/mol. The summed E-state index contributed by atoms with van der Waals surface area (Å²) in [4.78, 5) is 29.9. The number of piperidine rings is 2. The smallest absolute Gasteiger partial charge is 0.253 e. The predicted octanol–water partition coefficient (Wildman–Crippen LogP) is 3.38. The van der Waals surface area contributed by atoms with E-state index in [9.17, 15) is 9.59 Å². The van der Waals surface area contributed by atoms with Gasteiger partial charge in [-0.2, -0.15) is 0 Å². The lowest BCUT2D eigenvalue weighted by molar-refractivity contribution is -0.126. The first-order chi connectivity index (χ1) is 17.1. The molecule has 7 heteroatoms. The van der Waals surface area contributed by atoms with Crippen LogP contribution >= 0.6 is 0 Å².